The van der Waals surface area contributed by atoms with E-state index in [2.05, 4.69) is 24.1 Å². The molecule has 1 heterocycles. The summed E-state index contributed by atoms with van der Waals surface area (Å²) in [6, 6.07) is 0. The van der Waals surface area contributed by atoms with Crippen LogP contribution < -0.4 is 5.32 Å². The van der Waals surface area contributed by atoms with Crippen LogP contribution in [-0.4, -0.2) is 37.0 Å². The molecule has 1 N–H and O–H groups in total. The van der Waals surface area contributed by atoms with E-state index in [4.69, 9.17) is 0 Å². The Kier molecular flexibility index (Phi) is 7.02. The quantitative estimate of drug-likeness (QED) is 0.736. The van der Waals surface area contributed by atoms with Crippen molar-refractivity contribution in [1.82, 2.24) is 10.2 Å². The number of likely N-dealkylation sites (tertiary alicyclic amines) is 1. The highest BCUT2D eigenvalue weighted by molar-refractivity contribution is 5.77. The Bertz CT molecular complexity index is 274. The minimum Gasteiger partial charge on any atom is -0.356 e. The third-order valence-corrected chi connectivity index (χ3v) is 3.35. The summed E-state index contributed by atoms with van der Waals surface area (Å²) in [5.41, 5.74) is 0. The van der Waals surface area contributed by atoms with Gasteiger partial charge in [-0.1, -0.05) is 26.0 Å². The molecule has 0 aliphatic carbocycles. The number of hydrogen-bond acceptors (Lipinski definition) is 2. The van der Waals surface area contributed by atoms with Gasteiger partial charge in [-0.3, -0.25) is 4.79 Å². The summed E-state index contributed by atoms with van der Waals surface area (Å²) in [4.78, 5) is 14.1. The third kappa shape index (κ3) is 6.20. The molecule has 0 spiro atoms. The molecular weight excluding hydrogens is 224 g/mol. The van der Waals surface area contributed by atoms with E-state index in [1.165, 1.54) is 25.9 Å². The maximum absolute atomic E-state index is 11.5. The van der Waals surface area contributed by atoms with Gasteiger partial charge in [0.1, 0.15) is 0 Å². The van der Waals surface area contributed by atoms with Crippen LogP contribution in [0, 0.1) is 11.8 Å². The first-order chi connectivity index (χ1) is 8.61. The molecule has 1 rings (SSSR count). The van der Waals surface area contributed by atoms with Crippen LogP contribution in [0.25, 0.3) is 0 Å². The summed E-state index contributed by atoms with van der Waals surface area (Å²) in [6.07, 6.45) is 6.85. The van der Waals surface area contributed by atoms with E-state index in [1.54, 1.807) is 0 Å². The van der Waals surface area contributed by atoms with Gasteiger partial charge in [0.25, 0.3) is 0 Å². The van der Waals surface area contributed by atoms with E-state index in [1.807, 2.05) is 19.1 Å². The highest BCUT2D eigenvalue weighted by Gasteiger charge is 2.20. The predicted octanol–water partition coefficient (Wildman–Crippen LogP) is 2.44. The van der Waals surface area contributed by atoms with E-state index in [0.717, 1.165) is 19.0 Å². The Labute approximate surface area is 112 Å². The molecule has 0 aromatic heterocycles. The molecule has 1 saturated heterocycles. The molecule has 104 valence electrons. The van der Waals surface area contributed by atoms with Crippen molar-refractivity contribution in [2.45, 2.75) is 40.0 Å². The van der Waals surface area contributed by atoms with Gasteiger partial charge in [-0.15, -0.1) is 0 Å². The average Bonchev–Trinajstić information content (AvgIpc) is 2.33. The molecule has 0 bridgehead atoms. The first-order valence-electron chi connectivity index (χ1n) is 7.22. The van der Waals surface area contributed by atoms with Crippen LogP contribution in [0.1, 0.15) is 40.0 Å². The number of rotatable bonds is 6. The van der Waals surface area contributed by atoms with Crippen molar-refractivity contribution in [3.63, 3.8) is 0 Å². The summed E-state index contributed by atoms with van der Waals surface area (Å²) in [5, 5.41) is 3.04. The van der Waals surface area contributed by atoms with Crippen LogP contribution in [0.15, 0.2) is 12.2 Å². The van der Waals surface area contributed by atoms with Gasteiger partial charge in [0.2, 0.25) is 5.91 Å². The normalized spacial score (nSPS) is 21.7. The molecule has 1 aliphatic rings. The van der Waals surface area contributed by atoms with Crippen molar-refractivity contribution in [2.75, 3.05) is 26.2 Å². The van der Waals surface area contributed by atoms with Crippen LogP contribution in [-0.2, 0) is 4.79 Å². The van der Waals surface area contributed by atoms with E-state index in [-0.39, 0.29) is 5.91 Å². The molecule has 0 radical (unpaired) electrons. The fraction of sp³-hybridized carbons (Fsp3) is 0.800. The zero-order chi connectivity index (χ0) is 13.4. The minimum atomic E-state index is 0.147. The Hall–Kier alpha value is -0.830. The van der Waals surface area contributed by atoms with Gasteiger partial charge < -0.3 is 10.2 Å². The molecule has 0 aromatic rings. The molecule has 18 heavy (non-hydrogen) atoms. The Morgan fingerprint density at radius 2 is 2.28 bits per heavy atom. The van der Waals surface area contributed by atoms with Gasteiger partial charge in [0.05, 0.1) is 0 Å². The number of amides is 1. The third-order valence-electron chi connectivity index (χ3n) is 3.35. The average molecular weight is 252 g/mol. The number of allylic oxidation sites excluding steroid dienone is 1. The van der Waals surface area contributed by atoms with E-state index < -0.39 is 0 Å². The summed E-state index contributed by atoms with van der Waals surface area (Å²) < 4.78 is 0. The standard InChI is InChI=1S/C15H28N2O/c1-4-5-8-15(18)16-10-14-7-6-9-17(12-14)11-13(2)3/h4-5,13-14H,6-12H2,1-3H3,(H,16,18)/b5-4+/t14-/m0/s1. The predicted molar refractivity (Wildman–Crippen MR) is 76.4 cm³/mol. The van der Waals surface area contributed by atoms with Gasteiger partial charge >= 0.3 is 0 Å². The van der Waals surface area contributed by atoms with Crippen LogP contribution in [0.3, 0.4) is 0 Å². The Balaban J connectivity index is 2.23. The molecule has 0 aromatic carbocycles. The monoisotopic (exact) mass is 252 g/mol. The summed E-state index contributed by atoms with van der Waals surface area (Å²) in [6.45, 7) is 10.9. The topological polar surface area (TPSA) is 32.3 Å². The van der Waals surface area contributed by atoms with Crippen molar-refractivity contribution in [3.05, 3.63) is 12.2 Å². The largest absolute Gasteiger partial charge is 0.356 e. The van der Waals surface area contributed by atoms with Crippen molar-refractivity contribution >= 4 is 5.91 Å². The number of carbonyl (C=O) groups excluding carboxylic acids is 1. The lowest BCUT2D eigenvalue weighted by Gasteiger charge is -2.33. The van der Waals surface area contributed by atoms with E-state index in [0.29, 0.717) is 12.3 Å². The van der Waals surface area contributed by atoms with Crippen molar-refractivity contribution in [3.8, 4) is 0 Å². The lowest BCUT2D eigenvalue weighted by Crippen LogP contribution is -2.42. The Morgan fingerprint density at radius 3 is 2.94 bits per heavy atom. The van der Waals surface area contributed by atoms with Gasteiger partial charge in [0, 0.05) is 26.1 Å². The number of piperidine rings is 1. The Morgan fingerprint density at radius 1 is 1.50 bits per heavy atom. The molecule has 0 unspecified atom stereocenters. The minimum absolute atomic E-state index is 0.147. The molecule has 3 heteroatoms. The number of nitrogens with zero attached hydrogens (tertiary/aromatic N) is 1. The van der Waals surface area contributed by atoms with Crippen LogP contribution in [0.5, 0.6) is 0 Å². The second-order valence-corrected chi connectivity index (χ2v) is 5.74. The summed E-state index contributed by atoms with van der Waals surface area (Å²) >= 11 is 0. The molecule has 1 aliphatic heterocycles. The second-order valence-electron chi connectivity index (χ2n) is 5.74. The van der Waals surface area contributed by atoms with Crippen LogP contribution in [0.4, 0.5) is 0 Å². The highest BCUT2D eigenvalue weighted by Crippen LogP contribution is 2.16. The molecule has 1 atom stereocenters. The highest BCUT2D eigenvalue weighted by atomic mass is 16.1. The smallest absolute Gasteiger partial charge is 0.223 e. The fourth-order valence-electron chi connectivity index (χ4n) is 2.56. The lowest BCUT2D eigenvalue weighted by molar-refractivity contribution is -0.120. The SMILES string of the molecule is C/C=C/CC(=O)NC[C@@H]1CCCN(CC(C)C)C1. The zero-order valence-electron chi connectivity index (χ0n) is 12.1. The molecule has 0 saturated carbocycles. The first kappa shape index (κ1) is 15.2. The van der Waals surface area contributed by atoms with Gasteiger partial charge in [-0.2, -0.15) is 0 Å². The molecular formula is C15H28N2O. The van der Waals surface area contributed by atoms with Crippen molar-refractivity contribution in [1.29, 1.82) is 0 Å². The van der Waals surface area contributed by atoms with E-state index in [9.17, 15) is 4.79 Å². The molecule has 3 nitrogen and oxygen atoms in total. The number of nitrogens with one attached hydrogen (secondary N) is 1. The van der Waals surface area contributed by atoms with E-state index >= 15 is 0 Å². The number of hydrogen-bond donors (Lipinski definition) is 1. The van der Waals surface area contributed by atoms with Crippen molar-refractivity contribution < 1.29 is 4.79 Å². The van der Waals surface area contributed by atoms with Crippen LogP contribution in [0.2, 0.25) is 0 Å². The summed E-state index contributed by atoms with van der Waals surface area (Å²) in [7, 11) is 0. The van der Waals surface area contributed by atoms with Crippen LogP contribution >= 0.6 is 0 Å². The second kappa shape index (κ2) is 8.30. The summed E-state index contributed by atoms with van der Waals surface area (Å²) in [5.74, 6) is 1.51. The zero-order valence-corrected chi connectivity index (χ0v) is 12.1. The maximum atomic E-state index is 11.5. The van der Waals surface area contributed by atoms with Gasteiger partial charge in [-0.05, 0) is 38.1 Å². The molecule has 1 fully saturated rings. The number of carbonyl (C=O) groups is 1. The first-order valence-corrected chi connectivity index (χ1v) is 7.22. The van der Waals surface area contributed by atoms with Gasteiger partial charge in [0.15, 0.2) is 0 Å². The fourth-order valence-corrected chi connectivity index (χ4v) is 2.56. The lowest BCUT2D eigenvalue weighted by atomic mass is 9.97. The van der Waals surface area contributed by atoms with Crippen molar-refractivity contribution in [2.24, 2.45) is 11.8 Å². The van der Waals surface area contributed by atoms with Gasteiger partial charge in [-0.25, -0.2) is 0 Å². The maximum Gasteiger partial charge on any atom is 0.223 e. The molecule has 1 amide bonds.